The van der Waals surface area contributed by atoms with Gasteiger partial charge >= 0.3 is 5.69 Å². The van der Waals surface area contributed by atoms with E-state index in [0.29, 0.717) is 17.8 Å². The van der Waals surface area contributed by atoms with Crippen LogP contribution in [0.5, 0.6) is 5.75 Å². The number of rotatable bonds is 3. The van der Waals surface area contributed by atoms with Gasteiger partial charge in [0, 0.05) is 43.0 Å². The number of ether oxygens (including phenoxy) is 1. The summed E-state index contributed by atoms with van der Waals surface area (Å²) < 4.78 is 5.16. The first-order chi connectivity index (χ1) is 9.42. The van der Waals surface area contributed by atoms with Gasteiger partial charge in [-0.15, -0.1) is 0 Å². The highest BCUT2D eigenvalue weighted by atomic mass is 16.6. The number of hydrogen-bond acceptors (Lipinski definition) is 5. The zero-order chi connectivity index (χ0) is 14.9. The molecule has 2 atom stereocenters. The van der Waals surface area contributed by atoms with Gasteiger partial charge in [-0.05, 0) is 26.3 Å². The number of anilines is 1. The zero-order valence-electron chi connectivity index (χ0n) is 12.3. The van der Waals surface area contributed by atoms with Gasteiger partial charge in [0.05, 0.1) is 12.0 Å². The summed E-state index contributed by atoms with van der Waals surface area (Å²) in [6, 6.07) is 4.14. The molecule has 1 aliphatic rings. The molecule has 0 radical (unpaired) electrons. The van der Waals surface area contributed by atoms with E-state index < -0.39 is 4.92 Å². The van der Waals surface area contributed by atoms with Gasteiger partial charge in [-0.25, -0.2) is 0 Å². The molecule has 1 aromatic carbocycles. The first-order valence-corrected chi connectivity index (χ1v) is 6.76. The molecule has 1 heterocycles. The van der Waals surface area contributed by atoms with Gasteiger partial charge in [-0.3, -0.25) is 10.1 Å². The molecule has 1 fully saturated rings. The molecule has 0 aromatic heterocycles. The van der Waals surface area contributed by atoms with Crippen LogP contribution in [0, 0.1) is 17.0 Å². The fraction of sp³-hybridized carbons (Fsp3) is 0.571. The van der Waals surface area contributed by atoms with Gasteiger partial charge in [0.1, 0.15) is 0 Å². The minimum Gasteiger partial charge on any atom is -0.490 e. The van der Waals surface area contributed by atoms with Crippen LogP contribution in [0.2, 0.25) is 0 Å². The fourth-order valence-electron chi connectivity index (χ4n) is 2.83. The van der Waals surface area contributed by atoms with Gasteiger partial charge < -0.3 is 15.0 Å². The fourth-order valence-corrected chi connectivity index (χ4v) is 2.83. The molecule has 110 valence electrons. The Labute approximate surface area is 118 Å². The molecule has 0 spiro atoms. The monoisotopic (exact) mass is 279 g/mol. The highest BCUT2D eigenvalue weighted by molar-refractivity contribution is 5.64. The number of hydrogen-bond donors (Lipinski definition) is 1. The topological polar surface area (TPSA) is 67.6 Å². The molecule has 0 unspecified atom stereocenters. The minimum atomic E-state index is -0.404. The summed E-state index contributed by atoms with van der Waals surface area (Å²) >= 11 is 0. The third-order valence-corrected chi connectivity index (χ3v) is 3.59. The lowest BCUT2D eigenvalue weighted by molar-refractivity contribution is -0.385. The Morgan fingerprint density at radius 3 is 2.45 bits per heavy atom. The smallest absolute Gasteiger partial charge is 0.311 e. The number of benzene rings is 1. The van der Waals surface area contributed by atoms with Crippen LogP contribution >= 0.6 is 0 Å². The SMILES string of the molecule is COc1cc(N2C[C@@H](C)N[C@@H](C)C2)c(C)cc1[N+](=O)[O-]. The van der Waals surface area contributed by atoms with E-state index in [1.807, 2.05) is 6.92 Å². The van der Waals surface area contributed by atoms with Gasteiger partial charge in [-0.2, -0.15) is 0 Å². The quantitative estimate of drug-likeness (QED) is 0.678. The first-order valence-electron chi connectivity index (χ1n) is 6.76. The Morgan fingerprint density at radius 2 is 1.95 bits per heavy atom. The van der Waals surface area contributed by atoms with E-state index in [0.717, 1.165) is 24.3 Å². The van der Waals surface area contributed by atoms with E-state index in [1.54, 1.807) is 12.1 Å². The summed E-state index contributed by atoms with van der Waals surface area (Å²) in [5, 5.41) is 14.5. The Kier molecular flexibility index (Phi) is 4.13. The zero-order valence-corrected chi connectivity index (χ0v) is 12.3. The summed E-state index contributed by atoms with van der Waals surface area (Å²) in [6.07, 6.45) is 0. The lowest BCUT2D eigenvalue weighted by atomic mass is 10.1. The number of nitro groups is 1. The second-order valence-corrected chi connectivity index (χ2v) is 5.44. The predicted molar refractivity (Wildman–Crippen MR) is 78.7 cm³/mol. The number of methoxy groups -OCH3 is 1. The molecule has 20 heavy (non-hydrogen) atoms. The van der Waals surface area contributed by atoms with Crippen LogP contribution in [0.1, 0.15) is 19.4 Å². The molecular weight excluding hydrogens is 258 g/mol. The Balaban J connectivity index is 2.39. The van der Waals surface area contributed by atoms with Crippen molar-refractivity contribution in [1.29, 1.82) is 0 Å². The molecule has 1 aliphatic heterocycles. The highest BCUT2D eigenvalue weighted by Gasteiger charge is 2.25. The number of nitrogens with one attached hydrogen (secondary N) is 1. The maximum atomic E-state index is 11.0. The van der Waals surface area contributed by atoms with E-state index >= 15 is 0 Å². The van der Waals surface area contributed by atoms with Gasteiger partial charge in [0.15, 0.2) is 5.75 Å². The lowest BCUT2D eigenvalue weighted by Gasteiger charge is -2.38. The standard InChI is InChI=1S/C14H21N3O3/c1-9-5-13(17(18)19)14(20-4)6-12(9)16-7-10(2)15-11(3)8-16/h5-6,10-11,15H,7-8H2,1-4H3/t10-,11+. The Bertz CT molecular complexity index is 509. The summed E-state index contributed by atoms with van der Waals surface area (Å²) in [6.45, 7) is 7.94. The second kappa shape index (κ2) is 5.66. The van der Waals surface area contributed by atoms with Crippen LogP contribution in [-0.4, -0.2) is 37.2 Å². The van der Waals surface area contributed by atoms with Gasteiger partial charge in [0.2, 0.25) is 0 Å². The first kappa shape index (κ1) is 14.6. The average molecular weight is 279 g/mol. The van der Waals surface area contributed by atoms with Crippen molar-refractivity contribution in [3.05, 3.63) is 27.8 Å². The second-order valence-electron chi connectivity index (χ2n) is 5.44. The van der Waals surface area contributed by atoms with Crippen molar-refractivity contribution in [2.24, 2.45) is 0 Å². The summed E-state index contributed by atoms with van der Waals surface area (Å²) in [4.78, 5) is 12.9. The minimum absolute atomic E-state index is 0.0185. The van der Waals surface area contributed by atoms with Crippen LogP contribution in [0.4, 0.5) is 11.4 Å². The van der Waals surface area contributed by atoms with E-state index in [4.69, 9.17) is 4.74 Å². The highest BCUT2D eigenvalue weighted by Crippen LogP contribution is 2.35. The van der Waals surface area contributed by atoms with Crippen molar-refractivity contribution in [2.75, 3.05) is 25.1 Å². The molecule has 6 heteroatoms. The van der Waals surface area contributed by atoms with Gasteiger partial charge in [-0.1, -0.05) is 0 Å². The molecular formula is C14H21N3O3. The Hall–Kier alpha value is -1.82. The average Bonchev–Trinajstić information content (AvgIpc) is 2.37. The normalized spacial score (nSPS) is 22.7. The third kappa shape index (κ3) is 2.85. The van der Waals surface area contributed by atoms with Gasteiger partial charge in [0.25, 0.3) is 0 Å². The lowest BCUT2D eigenvalue weighted by Crippen LogP contribution is -2.54. The maximum Gasteiger partial charge on any atom is 0.311 e. The van der Waals surface area contributed by atoms with Crippen molar-refractivity contribution >= 4 is 11.4 Å². The summed E-state index contributed by atoms with van der Waals surface area (Å²) in [5.41, 5.74) is 1.93. The molecule has 1 aromatic rings. The number of nitrogens with zero attached hydrogens (tertiary/aromatic N) is 2. The van der Waals surface area contributed by atoms with E-state index in [2.05, 4.69) is 24.1 Å². The number of piperazine rings is 1. The molecule has 2 rings (SSSR count). The molecule has 6 nitrogen and oxygen atoms in total. The molecule has 0 aliphatic carbocycles. The van der Waals surface area contributed by atoms with E-state index in [1.165, 1.54) is 7.11 Å². The van der Waals surface area contributed by atoms with E-state index in [9.17, 15) is 10.1 Å². The van der Waals surface area contributed by atoms with Crippen LogP contribution in [0.15, 0.2) is 12.1 Å². The predicted octanol–water partition coefficient (Wildman–Crippen LogP) is 2.10. The molecule has 0 amide bonds. The van der Waals surface area contributed by atoms with Crippen LogP contribution in [0.25, 0.3) is 0 Å². The van der Waals surface area contributed by atoms with Crippen molar-refractivity contribution in [1.82, 2.24) is 5.32 Å². The maximum absolute atomic E-state index is 11.0. The van der Waals surface area contributed by atoms with Crippen molar-refractivity contribution in [3.8, 4) is 5.75 Å². The van der Waals surface area contributed by atoms with Crippen molar-refractivity contribution in [2.45, 2.75) is 32.9 Å². The number of aryl methyl sites for hydroxylation is 1. The largest absolute Gasteiger partial charge is 0.490 e. The van der Waals surface area contributed by atoms with Crippen LogP contribution in [0.3, 0.4) is 0 Å². The summed E-state index contributed by atoms with van der Waals surface area (Å²) in [7, 11) is 1.46. The molecule has 1 saturated heterocycles. The van der Waals surface area contributed by atoms with Crippen molar-refractivity contribution in [3.63, 3.8) is 0 Å². The number of nitro benzene ring substituents is 1. The summed E-state index contributed by atoms with van der Waals surface area (Å²) in [5.74, 6) is 0.314. The molecule has 0 saturated carbocycles. The van der Waals surface area contributed by atoms with Crippen LogP contribution in [-0.2, 0) is 0 Å². The van der Waals surface area contributed by atoms with Crippen LogP contribution < -0.4 is 15.0 Å². The third-order valence-electron chi connectivity index (χ3n) is 3.59. The van der Waals surface area contributed by atoms with Crippen molar-refractivity contribution < 1.29 is 9.66 Å². The Morgan fingerprint density at radius 1 is 1.35 bits per heavy atom. The molecule has 1 N–H and O–H groups in total. The van der Waals surface area contributed by atoms with E-state index in [-0.39, 0.29) is 5.69 Å². The molecule has 0 bridgehead atoms.